The number of hydrogen-bond donors (Lipinski definition) is 0. The highest BCUT2D eigenvalue weighted by Crippen LogP contribution is 2.47. The minimum absolute atomic E-state index is 0.122. The molecule has 1 aliphatic rings. The van der Waals surface area contributed by atoms with Gasteiger partial charge in [0.1, 0.15) is 0 Å². The molecule has 0 amide bonds. The fraction of sp³-hybridized carbons (Fsp3) is 0.571. The highest BCUT2D eigenvalue weighted by Gasteiger charge is 2.44. The van der Waals surface area contributed by atoms with Crippen LogP contribution < -0.4 is 0 Å². The lowest BCUT2D eigenvalue weighted by molar-refractivity contribution is 0.396. The molecule has 0 unspecified atom stereocenters. The van der Waals surface area contributed by atoms with E-state index in [0.29, 0.717) is 0 Å². The summed E-state index contributed by atoms with van der Waals surface area (Å²) in [5.41, 5.74) is 4.48. The Kier molecular flexibility index (Phi) is 2.23. The summed E-state index contributed by atoms with van der Waals surface area (Å²) < 4.78 is 0. The lowest BCUT2D eigenvalue weighted by Crippen LogP contribution is -2.18. The molecule has 1 aliphatic carbocycles. The third kappa shape index (κ3) is 1.48. The molecule has 0 N–H and O–H groups in total. The summed E-state index contributed by atoms with van der Waals surface area (Å²) in [7, 11) is 0. The van der Waals surface area contributed by atoms with Crippen LogP contribution in [0.5, 0.6) is 0 Å². The summed E-state index contributed by atoms with van der Waals surface area (Å²) in [6.45, 7) is 14.8. The third-order valence-corrected chi connectivity index (χ3v) is 3.47. The van der Waals surface area contributed by atoms with Gasteiger partial charge in [0.25, 0.3) is 0 Å². The van der Waals surface area contributed by atoms with Crippen LogP contribution in [0.1, 0.15) is 56.9 Å². The molecule has 0 aromatic carbocycles. The summed E-state index contributed by atoms with van der Waals surface area (Å²) in [4.78, 5) is 9.48. The molecule has 16 heavy (non-hydrogen) atoms. The van der Waals surface area contributed by atoms with E-state index in [1.807, 2.05) is 6.92 Å². The Morgan fingerprint density at radius 2 is 1.56 bits per heavy atom. The van der Waals surface area contributed by atoms with Crippen molar-refractivity contribution in [2.75, 3.05) is 0 Å². The van der Waals surface area contributed by atoms with Gasteiger partial charge in [-0.05, 0) is 19.4 Å². The molecule has 2 rings (SSSR count). The normalized spacial score (nSPS) is 20.6. The van der Waals surface area contributed by atoms with Crippen LogP contribution in [0.3, 0.4) is 0 Å². The fourth-order valence-corrected chi connectivity index (χ4v) is 2.94. The largest absolute Gasteiger partial charge is 0.253 e. The average Bonchev–Trinajstić information content (AvgIpc) is 2.31. The van der Waals surface area contributed by atoms with Crippen molar-refractivity contribution in [1.82, 2.24) is 9.97 Å². The van der Waals surface area contributed by atoms with E-state index >= 15 is 0 Å². The second-order valence-electron chi connectivity index (χ2n) is 6.04. The molecule has 2 heteroatoms. The Morgan fingerprint density at radius 3 is 2.06 bits per heavy atom. The van der Waals surface area contributed by atoms with Crippen molar-refractivity contribution in [3.8, 4) is 0 Å². The van der Waals surface area contributed by atoms with Gasteiger partial charge in [0.15, 0.2) is 0 Å². The van der Waals surface area contributed by atoms with Gasteiger partial charge in [-0.25, -0.2) is 4.98 Å². The van der Waals surface area contributed by atoms with Gasteiger partial charge in [-0.2, -0.15) is 0 Å². The lowest BCUT2D eigenvalue weighted by atomic mass is 9.83. The Morgan fingerprint density at radius 1 is 1.06 bits per heavy atom. The van der Waals surface area contributed by atoms with Crippen LogP contribution in [0.4, 0.5) is 0 Å². The molecule has 0 saturated carbocycles. The van der Waals surface area contributed by atoms with Crippen LogP contribution in [0.15, 0.2) is 6.58 Å². The average molecular weight is 216 g/mol. The molecular weight excluding hydrogens is 196 g/mol. The molecule has 1 heterocycles. The first kappa shape index (κ1) is 11.3. The molecular formula is C14H20N2. The van der Waals surface area contributed by atoms with Crippen LogP contribution in [0.2, 0.25) is 0 Å². The van der Waals surface area contributed by atoms with Crippen LogP contribution >= 0.6 is 0 Å². The van der Waals surface area contributed by atoms with Crippen molar-refractivity contribution >= 4 is 6.08 Å². The standard InChI is InChI=1S/C14H20N2/c1-7-10-9(2)15-11-12(16-10)14(5,6)8-13(11,3)4/h7H,1,8H2,2-6H3. The highest BCUT2D eigenvalue weighted by molar-refractivity contribution is 5.48. The van der Waals surface area contributed by atoms with Gasteiger partial charge in [0, 0.05) is 10.8 Å². The number of hydrogen-bond acceptors (Lipinski definition) is 2. The van der Waals surface area contributed by atoms with Crippen molar-refractivity contribution < 1.29 is 0 Å². The van der Waals surface area contributed by atoms with E-state index in [1.165, 1.54) is 5.69 Å². The number of aryl methyl sites for hydroxylation is 1. The summed E-state index contributed by atoms with van der Waals surface area (Å²) in [6.07, 6.45) is 2.90. The molecule has 0 spiro atoms. The van der Waals surface area contributed by atoms with E-state index in [0.717, 1.165) is 23.5 Å². The Balaban J connectivity index is 2.72. The van der Waals surface area contributed by atoms with Crippen LogP contribution in [-0.4, -0.2) is 9.97 Å². The van der Waals surface area contributed by atoms with Gasteiger partial charge < -0.3 is 0 Å². The fourth-order valence-electron chi connectivity index (χ4n) is 2.94. The molecule has 0 bridgehead atoms. The van der Waals surface area contributed by atoms with Crippen molar-refractivity contribution in [2.24, 2.45) is 0 Å². The van der Waals surface area contributed by atoms with Crippen molar-refractivity contribution in [1.29, 1.82) is 0 Å². The van der Waals surface area contributed by atoms with E-state index in [2.05, 4.69) is 34.3 Å². The maximum atomic E-state index is 4.74. The highest BCUT2D eigenvalue weighted by atomic mass is 14.9. The zero-order chi connectivity index (χ0) is 12.1. The van der Waals surface area contributed by atoms with Gasteiger partial charge in [-0.1, -0.05) is 34.3 Å². The van der Waals surface area contributed by atoms with Crippen molar-refractivity contribution in [3.63, 3.8) is 0 Å². The molecule has 86 valence electrons. The lowest BCUT2D eigenvalue weighted by Gasteiger charge is -2.21. The minimum Gasteiger partial charge on any atom is -0.253 e. The predicted molar refractivity (Wildman–Crippen MR) is 67.5 cm³/mol. The number of fused-ring (bicyclic) bond motifs is 1. The van der Waals surface area contributed by atoms with Gasteiger partial charge >= 0.3 is 0 Å². The van der Waals surface area contributed by atoms with E-state index in [-0.39, 0.29) is 10.8 Å². The van der Waals surface area contributed by atoms with Gasteiger partial charge in [-0.3, -0.25) is 4.98 Å². The molecule has 2 nitrogen and oxygen atoms in total. The van der Waals surface area contributed by atoms with E-state index in [1.54, 1.807) is 6.08 Å². The first-order chi connectivity index (χ1) is 7.28. The summed E-state index contributed by atoms with van der Waals surface area (Å²) >= 11 is 0. The Labute approximate surface area is 97.8 Å². The number of aromatic nitrogens is 2. The SMILES string of the molecule is C=Cc1nc2c(nc1C)C(C)(C)CC2(C)C. The maximum absolute atomic E-state index is 4.74. The molecule has 1 aromatic heterocycles. The summed E-state index contributed by atoms with van der Waals surface area (Å²) in [6, 6.07) is 0. The first-order valence-electron chi connectivity index (χ1n) is 5.80. The summed E-state index contributed by atoms with van der Waals surface area (Å²) in [5.74, 6) is 0. The quantitative estimate of drug-likeness (QED) is 0.719. The molecule has 0 radical (unpaired) electrons. The monoisotopic (exact) mass is 216 g/mol. The zero-order valence-corrected chi connectivity index (χ0v) is 10.9. The Hall–Kier alpha value is -1.18. The van der Waals surface area contributed by atoms with E-state index in [4.69, 9.17) is 9.97 Å². The second kappa shape index (κ2) is 3.16. The van der Waals surface area contributed by atoms with Crippen molar-refractivity contribution in [3.05, 3.63) is 29.4 Å². The summed E-state index contributed by atoms with van der Waals surface area (Å²) in [5, 5.41) is 0. The minimum atomic E-state index is 0.122. The maximum Gasteiger partial charge on any atom is 0.0840 e. The van der Waals surface area contributed by atoms with Crippen LogP contribution in [0.25, 0.3) is 6.08 Å². The first-order valence-corrected chi connectivity index (χ1v) is 5.80. The van der Waals surface area contributed by atoms with E-state index in [9.17, 15) is 0 Å². The third-order valence-electron chi connectivity index (χ3n) is 3.47. The van der Waals surface area contributed by atoms with Crippen molar-refractivity contribution in [2.45, 2.75) is 51.9 Å². The molecule has 0 saturated heterocycles. The van der Waals surface area contributed by atoms with Gasteiger partial charge in [-0.15, -0.1) is 0 Å². The van der Waals surface area contributed by atoms with Crippen LogP contribution in [-0.2, 0) is 10.8 Å². The smallest absolute Gasteiger partial charge is 0.0840 e. The van der Waals surface area contributed by atoms with Gasteiger partial charge in [0.05, 0.1) is 22.8 Å². The molecule has 0 atom stereocenters. The topological polar surface area (TPSA) is 25.8 Å². The predicted octanol–water partition coefficient (Wildman–Crippen LogP) is 3.39. The molecule has 1 aromatic rings. The number of rotatable bonds is 1. The van der Waals surface area contributed by atoms with Gasteiger partial charge in [0.2, 0.25) is 0 Å². The molecule has 0 aliphatic heterocycles. The van der Waals surface area contributed by atoms with E-state index < -0.39 is 0 Å². The molecule has 0 fully saturated rings. The number of nitrogens with zero attached hydrogens (tertiary/aromatic N) is 2. The second-order valence-corrected chi connectivity index (χ2v) is 6.04. The Bertz CT molecular complexity index is 456. The zero-order valence-electron chi connectivity index (χ0n) is 10.9. The van der Waals surface area contributed by atoms with Crippen LogP contribution in [0, 0.1) is 6.92 Å².